The maximum absolute atomic E-state index is 12.6. The zero-order valence-corrected chi connectivity index (χ0v) is 13.2. The molecule has 23 heavy (non-hydrogen) atoms. The predicted octanol–water partition coefficient (Wildman–Crippen LogP) is 2.99. The van der Waals surface area contributed by atoms with Crippen molar-refractivity contribution >= 4 is 5.91 Å². The van der Waals surface area contributed by atoms with E-state index in [-0.39, 0.29) is 11.3 Å². The van der Waals surface area contributed by atoms with Gasteiger partial charge < -0.3 is 4.90 Å². The number of aromatic nitrogens is 2. The largest absolute Gasteiger partial charge is 0.339 e. The van der Waals surface area contributed by atoms with Gasteiger partial charge in [-0.1, -0.05) is 24.3 Å². The molecule has 4 nitrogen and oxygen atoms in total. The Morgan fingerprint density at radius 2 is 1.87 bits per heavy atom. The number of amides is 1. The summed E-state index contributed by atoms with van der Waals surface area (Å²) in [6.07, 6.45) is 8.98. The summed E-state index contributed by atoms with van der Waals surface area (Å²) in [6.45, 7) is 1.66. The van der Waals surface area contributed by atoms with Crippen molar-refractivity contribution in [1.29, 1.82) is 0 Å². The molecule has 2 aromatic rings. The van der Waals surface area contributed by atoms with Gasteiger partial charge in [-0.2, -0.15) is 10.2 Å². The summed E-state index contributed by atoms with van der Waals surface area (Å²) < 4.78 is 0. The fourth-order valence-electron chi connectivity index (χ4n) is 4.26. The summed E-state index contributed by atoms with van der Waals surface area (Å²) in [5, 5.41) is 7.56. The van der Waals surface area contributed by atoms with Crippen LogP contribution in [0.2, 0.25) is 0 Å². The Kier molecular flexibility index (Phi) is 3.60. The van der Waals surface area contributed by atoms with Crippen LogP contribution in [0.3, 0.4) is 0 Å². The van der Waals surface area contributed by atoms with Crippen LogP contribution in [0.1, 0.15) is 47.2 Å². The fraction of sp³-hybridized carbons (Fsp3) is 0.421. The molecule has 0 bridgehead atoms. The Balaban J connectivity index is 1.53. The van der Waals surface area contributed by atoms with Gasteiger partial charge in [-0.3, -0.25) is 4.79 Å². The number of hydrogen-bond donors (Lipinski definition) is 0. The second kappa shape index (κ2) is 5.76. The minimum Gasteiger partial charge on any atom is -0.339 e. The Bertz CT molecular complexity index is 706. The highest BCUT2D eigenvalue weighted by atomic mass is 16.2. The summed E-state index contributed by atoms with van der Waals surface area (Å²) in [6, 6.07) is 10.6. The minimum absolute atomic E-state index is 0.0823. The number of rotatable bonds is 1. The van der Waals surface area contributed by atoms with Crippen molar-refractivity contribution in [3.05, 3.63) is 59.4 Å². The SMILES string of the molecule is O=C(c1ccnnc1)N1CCC2(CCCc3ccccc32)CC1. The fourth-order valence-corrected chi connectivity index (χ4v) is 4.26. The summed E-state index contributed by atoms with van der Waals surface area (Å²) in [7, 11) is 0. The average molecular weight is 307 g/mol. The topological polar surface area (TPSA) is 46.1 Å². The molecule has 118 valence electrons. The molecule has 0 N–H and O–H groups in total. The number of nitrogens with zero attached hydrogens (tertiary/aromatic N) is 3. The first kappa shape index (κ1) is 14.4. The van der Waals surface area contributed by atoms with Crippen LogP contribution in [0.15, 0.2) is 42.7 Å². The van der Waals surface area contributed by atoms with Crippen LogP contribution in [-0.2, 0) is 11.8 Å². The number of fused-ring (bicyclic) bond motifs is 2. The molecular formula is C19H21N3O. The van der Waals surface area contributed by atoms with Crippen LogP contribution in [0, 0.1) is 0 Å². The number of carbonyl (C=O) groups is 1. The van der Waals surface area contributed by atoms with E-state index in [9.17, 15) is 4.79 Å². The number of piperidine rings is 1. The van der Waals surface area contributed by atoms with Gasteiger partial charge in [0.05, 0.1) is 18.0 Å². The van der Waals surface area contributed by atoms with Gasteiger partial charge >= 0.3 is 0 Å². The summed E-state index contributed by atoms with van der Waals surface area (Å²) in [4.78, 5) is 14.5. The molecule has 1 fully saturated rings. The molecule has 1 aliphatic heterocycles. The molecule has 1 spiro atoms. The highest BCUT2D eigenvalue weighted by Crippen LogP contribution is 2.44. The van der Waals surface area contributed by atoms with E-state index in [0.717, 1.165) is 25.9 Å². The van der Waals surface area contributed by atoms with E-state index in [0.29, 0.717) is 5.56 Å². The number of aryl methyl sites for hydroxylation is 1. The molecule has 2 aliphatic rings. The quantitative estimate of drug-likeness (QED) is 0.813. The smallest absolute Gasteiger partial charge is 0.255 e. The molecule has 1 aliphatic carbocycles. The molecule has 1 amide bonds. The number of carbonyl (C=O) groups excluding carboxylic acids is 1. The van der Waals surface area contributed by atoms with Gasteiger partial charge in [-0.05, 0) is 54.7 Å². The van der Waals surface area contributed by atoms with E-state index in [1.54, 1.807) is 18.5 Å². The van der Waals surface area contributed by atoms with Gasteiger partial charge in [0.25, 0.3) is 5.91 Å². The normalized spacial score (nSPS) is 19.4. The lowest BCUT2D eigenvalue weighted by atomic mass is 9.65. The molecule has 0 saturated carbocycles. The van der Waals surface area contributed by atoms with Crippen molar-refractivity contribution in [2.24, 2.45) is 0 Å². The van der Waals surface area contributed by atoms with Gasteiger partial charge in [-0.15, -0.1) is 0 Å². The van der Waals surface area contributed by atoms with Crippen LogP contribution in [0.25, 0.3) is 0 Å². The molecule has 1 aromatic heterocycles. The lowest BCUT2D eigenvalue weighted by molar-refractivity contribution is 0.0651. The Morgan fingerprint density at radius 3 is 2.65 bits per heavy atom. The number of hydrogen-bond acceptors (Lipinski definition) is 3. The van der Waals surface area contributed by atoms with Crippen LogP contribution in [0.5, 0.6) is 0 Å². The predicted molar refractivity (Wildman–Crippen MR) is 88.2 cm³/mol. The molecule has 4 rings (SSSR count). The van der Waals surface area contributed by atoms with Gasteiger partial charge in [0.2, 0.25) is 0 Å². The molecule has 4 heteroatoms. The second-order valence-electron chi connectivity index (χ2n) is 6.71. The third-order valence-electron chi connectivity index (χ3n) is 5.53. The second-order valence-corrected chi connectivity index (χ2v) is 6.71. The van der Waals surface area contributed by atoms with Crippen molar-refractivity contribution in [2.75, 3.05) is 13.1 Å². The molecular weight excluding hydrogens is 286 g/mol. The maximum atomic E-state index is 12.6. The van der Waals surface area contributed by atoms with Crippen molar-refractivity contribution in [3.63, 3.8) is 0 Å². The Hall–Kier alpha value is -2.23. The van der Waals surface area contributed by atoms with Crippen LogP contribution in [-0.4, -0.2) is 34.1 Å². The van der Waals surface area contributed by atoms with Crippen molar-refractivity contribution in [1.82, 2.24) is 15.1 Å². The van der Waals surface area contributed by atoms with E-state index in [2.05, 4.69) is 34.5 Å². The lowest BCUT2D eigenvalue weighted by Gasteiger charge is -2.45. The standard InChI is InChI=1S/C19H21N3O/c23-18(16-7-11-20-21-14-16)22-12-9-19(10-13-22)8-3-5-15-4-1-2-6-17(15)19/h1-2,4,6-7,11,14H,3,5,8-10,12-13H2. The number of likely N-dealkylation sites (tertiary alicyclic amines) is 1. The average Bonchev–Trinajstić information content (AvgIpc) is 2.63. The summed E-state index contributed by atoms with van der Waals surface area (Å²) in [5.41, 5.74) is 3.96. The number of benzene rings is 1. The third kappa shape index (κ3) is 2.52. The molecule has 1 aromatic carbocycles. The first-order valence-corrected chi connectivity index (χ1v) is 8.43. The van der Waals surface area contributed by atoms with Crippen molar-refractivity contribution < 1.29 is 4.79 Å². The van der Waals surface area contributed by atoms with E-state index >= 15 is 0 Å². The molecule has 0 unspecified atom stereocenters. The first-order chi connectivity index (χ1) is 11.3. The van der Waals surface area contributed by atoms with Crippen molar-refractivity contribution in [2.45, 2.75) is 37.5 Å². The summed E-state index contributed by atoms with van der Waals surface area (Å²) in [5.74, 6) is 0.0823. The van der Waals surface area contributed by atoms with Gasteiger partial charge in [0, 0.05) is 13.1 Å². The molecule has 1 saturated heterocycles. The lowest BCUT2D eigenvalue weighted by Crippen LogP contribution is -2.46. The van der Waals surface area contributed by atoms with Gasteiger partial charge in [0.15, 0.2) is 0 Å². The highest BCUT2D eigenvalue weighted by Gasteiger charge is 2.40. The van der Waals surface area contributed by atoms with Crippen LogP contribution >= 0.6 is 0 Å². The van der Waals surface area contributed by atoms with Gasteiger partial charge in [0.1, 0.15) is 0 Å². The van der Waals surface area contributed by atoms with Gasteiger partial charge in [-0.25, -0.2) is 0 Å². The molecule has 0 atom stereocenters. The van der Waals surface area contributed by atoms with Crippen LogP contribution < -0.4 is 0 Å². The maximum Gasteiger partial charge on any atom is 0.255 e. The third-order valence-corrected chi connectivity index (χ3v) is 5.53. The van der Waals surface area contributed by atoms with E-state index in [1.807, 2.05) is 4.90 Å². The van der Waals surface area contributed by atoms with E-state index < -0.39 is 0 Å². The van der Waals surface area contributed by atoms with E-state index in [1.165, 1.54) is 30.4 Å². The summed E-state index contributed by atoms with van der Waals surface area (Å²) >= 11 is 0. The zero-order valence-electron chi connectivity index (χ0n) is 13.2. The molecule has 2 heterocycles. The first-order valence-electron chi connectivity index (χ1n) is 8.43. The Morgan fingerprint density at radius 1 is 1.04 bits per heavy atom. The molecule has 0 radical (unpaired) electrons. The van der Waals surface area contributed by atoms with Crippen LogP contribution in [0.4, 0.5) is 0 Å². The Labute approximate surface area is 136 Å². The monoisotopic (exact) mass is 307 g/mol. The highest BCUT2D eigenvalue weighted by molar-refractivity contribution is 5.93. The van der Waals surface area contributed by atoms with Crippen molar-refractivity contribution in [3.8, 4) is 0 Å². The minimum atomic E-state index is 0.0823. The van der Waals surface area contributed by atoms with E-state index in [4.69, 9.17) is 0 Å². The zero-order chi connectivity index (χ0) is 15.7.